The van der Waals surface area contributed by atoms with Crippen LogP contribution in [-0.2, 0) is 19.6 Å². The highest BCUT2D eigenvalue weighted by molar-refractivity contribution is 7.98. The van der Waals surface area contributed by atoms with Crippen molar-refractivity contribution in [3.05, 3.63) is 29.8 Å². The van der Waals surface area contributed by atoms with Crippen molar-refractivity contribution in [2.75, 3.05) is 44.9 Å². The summed E-state index contributed by atoms with van der Waals surface area (Å²) in [6, 6.07) is 5.80. The minimum Gasteiger partial charge on any atom is -0.379 e. The molecule has 0 unspecified atom stereocenters. The van der Waals surface area contributed by atoms with Crippen LogP contribution in [0.1, 0.15) is 25.8 Å². The minimum absolute atomic E-state index is 0.165. The van der Waals surface area contributed by atoms with Gasteiger partial charge in [-0.3, -0.25) is 9.69 Å². The molecule has 9 heteroatoms. The summed E-state index contributed by atoms with van der Waals surface area (Å²) in [4.78, 5) is 15.3. The number of rotatable bonds is 10. The van der Waals surface area contributed by atoms with E-state index in [1.54, 1.807) is 36.0 Å². The number of hydrogen-bond donors (Lipinski definition) is 2. The van der Waals surface area contributed by atoms with Crippen LogP contribution in [0.5, 0.6) is 0 Å². The number of amides is 1. The van der Waals surface area contributed by atoms with Crippen LogP contribution in [0.25, 0.3) is 0 Å². The second-order valence-corrected chi connectivity index (χ2v) is 10.6. The maximum Gasteiger partial charge on any atom is 0.241 e. The molecule has 0 radical (unpaired) electrons. The van der Waals surface area contributed by atoms with Crippen LogP contribution in [0.3, 0.4) is 0 Å². The van der Waals surface area contributed by atoms with Crippen molar-refractivity contribution < 1.29 is 17.9 Å². The average molecular weight is 444 g/mol. The number of nitrogens with one attached hydrogen (secondary N) is 2. The largest absolute Gasteiger partial charge is 0.379 e. The second kappa shape index (κ2) is 10.8. The van der Waals surface area contributed by atoms with Crippen LogP contribution in [0, 0.1) is 6.92 Å². The molecular weight excluding hydrogens is 410 g/mol. The Morgan fingerprint density at radius 2 is 1.86 bits per heavy atom. The molecule has 0 bridgehead atoms. The van der Waals surface area contributed by atoms with Gasteiger partial charge in [0.25, 0.3) is 0 Å². The lowest BCUT2D eigenvalue weighted by molar-refractivity contribution is -0.123. The fourth-order valence-electron chi connectivity index (χ4n) is 3.16. The molecule has 0 saturated carbocycles. The first-order chi connectivity index (χ1) is 13.7. The zero-order valence-corrected chi connectivity index (χ0v) is 19.4. The molecule has 1 heterocycles. The number of sulfonamides is 1. The normalized spacial score (nSPS) is 17.1. The first kappa shape index (κ1) is 24.1. The number of benzene rings is 1. The third-order valence-electron chi connectivity index (χ3n) is 5.12. The molecule has 0 aliphatic carbocycles. The van der Waals surface area contributed by atoms with Crippen LogP contribution in [0.15, 0.2) is 29.2 Å². The molecule has 0 spiro atoms. The first-order valence-electron chi connectivity index (χ1n) is 9.84. The lowest BCUT2D eigenvalue weighted by Crippen LogP contribution is -2.57. The fraction of sp³-hybridized carbons (Fsp3) is 0.650. The van der Waals surface area contributed by atoms with Gasteiger partial charge < -0.3 is 10.1 Å². The smallest absolute Gasteiger partial charge is 0.241 e. The number of carbonyl (C=O) groups excluding carboxylic acids is 1. The molecule has 1 fully saturated rings. The Hall–Kier alpha value is -1.13. The van der Waals surface area contributed by atoms with E-state index < -0.39 is 16.1 Å². The van der Waals surface area contributed by atoms with Crippen LogP contribution >= 0.6 is 11.8 Å². The fourth-order valence-corrected chi connectivity index (χ4v) is 4.86. The quantitative estimate of drug-likeness (QED) is 0.571. The molecule has 1 aromatic rings. The molecule has 0 aromatic heterocycles. The highest BCUT2D eigenvalue weighted by Crippen LogP contribution is 2.16. The predicted octanol–water partition coefficient (Wildman–Crippen LogP) is 1.62. The van der Waals surface area contributed by atoms with Crippen LogP contribution in [-0.4, -0.2) is 75.7 Å². The molecule has 1 atom stereocenters. The number of hydrogen-bond acceptors (Lipinski definition) is 6. The summed E-state index contributed by atoms with van der Waals surface area (Å²) < 4.78 is 33.5. The SMILES string of the molecule is CSCC[C@H](NS(=O)(=O)c1ccc(C)cc1)C(=O)NCC(C)(C)N1CCOCC1. The summed E-state index contributed by atoms with van der Waals surface area (Å²) >= 11 is 1.58. The Kier molecular flexibility index (Phi) is 8.96. The Morgan fingerprint density at radius 1 is 1.24 bits per heavy atom. The summed E-state index contributed by atoms with van der Waals surface area (Å²) in [5, 5.41) is 2.95. The van der Waals surface area contributed by atoms with Crippen molar-refractivity contribution in [2.24, 2.45) is 0 Å². The minimum atomic E-state index is -3.77. The summed E-state index contributed by atoms with van der Waals surface area (Å²) in [6.45, 7) is 9.49. The van der Waals surface area contributed by atoms with E-state index in [1.165, 1.54) is 0 Å². The number of aryl methyl sites for hydroxylation is 1. The molecule has 164 valence electrons. The van der Waals surface area contributed by atoms with Gasteiger partial charge in [-0.25, -0.2) is 8.42 Å². The van der Waals surface area contributed by atoms with Crippen LogP contribution in [0.4, 0.5) is 0 Å². The van der Waals surface area contributed by atoms with E-state index in [0.717, 1.165) is 18.7 Å². The van der Waals surface area contributed by atoms with Crippen molar-refractivity contribution >= 4 is 27.7 Å². The third kappa shape index (κ3) is 7.25. The first-order valence-corrected chi connectivity index (χ1v) is 12.7. The maximum absolute atomic E-state index is 12.9. The van der Waals surface area contributed by atoms with Crippen molar-refractivity contribution in [2.45, 2.75) is 43.7 Å². The highest BCUT2D eigenvalue weighted by atomic mass is 32.2. The molecule has 2 N–H and O–H groups in total. The van der Waals surface area contributed by atoms with Gasteiger partial charge in [0.15, 0.2) is 0 Å². The number of carbonyl (C=O) groups is 1. The van der Waals surface area contributed by atoms with Gasteiger partial charge in [0.2, 0.25) is 15.9 Å². The van der Waals surface area contributed by atoms with Gasteiger partial charge in [-0.15, -0.1) is 0 Å². The Labute approximate surface area is 179 Å². The Bertz CT molecular complexity index is 760. The van der Waals surface area contributed by atoms with E-state index >= 15 is 0 Å². The number of morpholine rings is 1. The lowest BCUT2D eigenvalue weighted by Gasteiger charge is -2.41. The van der Waals surface area contributed by atoms with E-state index in [4.69, 9.17) is 4.74 Å². The Morgan fingerprint density at radius 3 is 2.45 bits per heavy atom. The zero-order valence-electron chi connectivity index (χ0n) is 17.7. The number of nitrogens with zero attached hydrogens (tertiary/aromatic N) is 1. The average Bonchev–Trinajstić information content (AvgIpc) is 2.70. The van der Waals surface area contributed by atoms with E-state index in [2.05, 4.69) is 28.8 Å². The third-order valence-corrected chi connectivity index (χ3v) is 7.25. The van der Waals surface area contributed by atoms with Gasteiger partial charge in [-0.1, -0.05) is 17.7 Å². The Balaban J connectivity index is 2.04. The monoisotopic (exact) mass is 443 g/mol. The van der Waals surface area contributed by atoms with E-state index in [9.17, 15) is 13.2 Å². The van der Waals surface area contributed by atoms with Crippen molar-refractivity contribution in [1.82, 2.24) is 14.9 Å². The molecule has 1 saturated heterocycles. The van der Waals surface area contributed by atoms with E-state index in [-0.39, 0.29) is 16.3 Å². The topological polar surface area (TPSA) is 87.7 Å². The molecule has 29 heavy (non-hydrogen) atoms. The maximum atomic E-state index is 12.9. The molecule has 1 aromatic carbocycles. The second-order valence-electron chi connectivity index (χ2n) is 7.90. The van der Waals surface area contributed by atoms with Crippen molar-refractivity contribution in [3.63, 3.8) is 0 Å². The standard InChI is InChI=1S/C20H33N3O4S2/c1-16-5-7-17(8-6-16)29(25,26)22-18(9-14-28-4)19(24)21-15-20(2,3)23-10-12-27-13-11-23/h5-8,18,22H,9-15H2,1-4H3,(H,21,24)/t18-/m0/s1. The number of ether oxygens (including phenoxy) is 1. The molecular formula is C20H33N3O4S2. The summed E-state index contributed by atoms with van der Waals surface area (Å²) in [6.07, 6.45) is 2.36. The van der Waals surface area contributed by atoms with E-state index in [1.807, 2.05) is 13.2 Å². The van der Waals surface area contributed by atoms with Gasteiger partial charge in [0.1, 0.15) is 6.04 Å². The molecule has 2 rings (SSSR count). The van der Waals surface area contributed by atoms with Gasteiger partial charge in [-0.2, -0.15) is 16.5 Å². The van der Waals surface area contributed by atoms with Crippen LogP contribution in [0.2, 0.25) is 0 Å². The highest BCUT2D eigenvalue weighted by Gasteiger charge is 2.31. The summed E-state index contributed by atoms with van der Waals surface area (Å²) in [5.41, 5.74) is 0.741. The molecule has 7 nitrogen and oxygen atoms in total. The summed E-state index contributed by atoms with van der Waals surface area (Å²) in [5.74, 6) is 0.387. The van der Waals surface area contributed by atoms with Gasteiger partial charge >= 0.3 is 0 Å². The van der Waals surface area contributed by atoms with Gasteiger partial charge in [0.05, 0.1) is 18.1 Å². The molecule has 1 amide bonds. The van der Waals surface area contributed by atoms with Crippen molar-refractivity contribution in [1.29, 1.82) is 0 Å². The van der Waals surface area contributed by atoms with E-state index in [0.29, 0.717) is 31.9 Å². The van der Waals surface area contributed by atoms with Crippen LogP contribution < -0.4 is 10.0 Å². The molecule has 1 aliphatic heterocycles. The van der Waals surface area contributed by atoms with Gasteiger partial charge in [0, 0.05) is 25.2 Å². The zero-order chi connectivity index (χ0) is 21.5. The van der Waals surface area contributed by atoms with Crippen molar-refractivity contribution in [3.8, 4) is 0 Å². The summed E-state index contributed by atoms with van der Waals surface area (Å²) in [7, 11) is -3.77. The van der Waals surface area contributed by atoms with Gasteiger partial charge in [-0.05, 0) is 51.3 Å². The molecule has 1 aliphatic rings. The lowest BCUT2D eigenvalue weighted by atomic mass is 10.0. The predicted molar refractivity (Wildman–Crippen MR) is 118 cm³/mol. The number of thioether (sulfide) groups is 1.